The van der Waals surface area contributed by atoms with E-state index in [4.69, 9.17) is 4.74 Å². The molecule has 102 valence electrons. The number of hydrogen-bond acceptors (Lipinski definition) is 3. The van der Waals surface area contributed by atoms with Crippen LogP contribution in [0, 0.1) is 12.8 Å². The van der Waals surface area contributed by atoms with Gasteiger partial charge in [-0.25, -0.2) is 4.98 Å². The number of carbonyl (C=O) groups excluding carboxylic acids is 1. The van der Waals surface area contributed by atoms with Gasteiger partial charge in [-0.15, -0.1) is 0 Å². The molecule has 0 saturated carbocycles. The number of fused-ring (bicyclic) bond motifs is 1. The fourth-order valence-corrected chi connectivity index (χ4v) is 2.33. The van der Waals surface area contributed by atoms with Crippen molar-refractivity contribution in [2.24, 2.45) is 5.92 Å². The lowest BCUT2D eigenvalue weighted by molar-refractivity contribution is -0.121. The first-order valence-corrected chi connectivity index (χ1v) is 6.67. The van der Waals surface area contributed by atoms with Crippen LogP contribution in [-0.2, 0) is 11.2 Å². The third-order valence-corrected chi connectivity index (χ3v) is 3.50. The molecule has 0 saturated heterocycles. The van der Waals surface area contributed by atoms with Crippen molar-refractivity contribution in [1.82, 2.24) is 4.98 Å². The van der Waals surface area contributed by atoms with Gasteiger partial charge in [0.05, 0.1) is 5.92 Å². The second-order valence-electron chi connectivity index (χ2n) is 4.98. The van der Waals surface area contributed by atoms with E-state index in [2.05, 4.69) is 10.3 Å². The molecular weight excluding hydrogens is 252 g/mol. The summed E-state index contributed by atoms with van der Waals surface area (Å²) in [6.45, 7) is 2.34. The second kappa shape index (κ2) is 5.33. The molecule has 1 N–H and O–H groups in total. The lowest BCUT2D eigenvalue weighted by Crippen LogP contribution is -2.33. The van der Waals surface area contributed by atoms with Gasteiger partial charge in [0, 0.05) is 6.20 Å². The summed E-state index contributed by atoms with van der Waals surface area (Å²) in [7, 11) is 0. The maximum absolute atomic E-state index is 12.3. The summed E-state index contributed by atoms with van der Waals surface area (Å²) >= 11 is 0. The maximum atomic E-state index is 12.3. The quantitative estimate of drug-likeness (QED) is 0.910. The first-order valence-electron chi connectivity index (χ1n) is 6.67. The van der Waals surface area contributed by atoms with E-state index in [-0.39, 0.29) is 11.8 Å². The van der Waals surface area contributed by atoms with Gasteiger partial charge in [-0.2, -0.15) is 0 Å². The van der Waals surface area contributed by atoms with Gasteiger partial charge in [0.2, 0.25) is 5.91 Å². The molecule has 0 radical (unpaired) electrons. The van der Waals surface area contributed by atoms with E-state index in [0.29, 0.717) is 18.8 Å². The number of hydrogen-bond donors (Lipinski definition) is 1. The van der Waals surface area contributed by atoms with E-state index in [9.17, 15) is 4.79 Å². The lowest BCUT2D eigenvalue weighted by atomic mass is 9.96. The molecule has 0 bridgehead atoms. The van der Waals surface area contributed by atoms with E-state index in [1.165, 1.54) is 0 Å². The first kappa shape index (κ1) is 12.7. The Morgan fingerprint density at radius 2 is 2.15 bits per heavy atom. The van der Waals surface area contributed by atoms with Gasteiger partial charge >= 0.3 is 0 Å². The number of para-hydroxylation sites is 1. The van der Waals surface area contributed by atoms with E-state index in [1.807, 2.05) is 43.3 Å². The molecule has 20 heavy (non-hydrogen) atoms. The zero-order valence-corrected chi connectivity index (χ0v) is 11.3. The summed E-state index contributed by atoms with van der Waals surface area (Å²) in [6, 6.07) is 11.6. The Hall–Kier alpha value is -2.36. The van der Waals surface area contributed by atoms with Gasteiger partial charge in [0.25, 0.3) is 0 Å². The van der Waals surface area contributed by atoms with Crippen molar-refractivity contribution in [1.29, 1.82) is 0 Å². The van der Waals surface area contributed by atoms with Crippen LogP contribution in [0.15, 0.2) is 42.6 Å². The Bertz CT molecular complexity index is 640. The predicted octanol–water partition coefficient (Wildman–Crippen LogP) is 2.58. The fraction of sp³-hybridized carbons (Fsp3) is 0.250. The molecule has 4 heteroatoms. The molecule has 1 atom stereocenters. The van der Waals surface area contributed by atoms with Gasteiger partial charge in [-0.05, 0) is 36.6 Å². The number of rotatable bonds is 2. The van der Waals surface area contributed by atoms with Crippen LogP contribution in [0.2, 0.25) is 0 Å². The zero-order valence-electron chi connectivity index (χ0n) is 11.3. The van der Waals surface area contributed by atoms with Crippen LogP contribution in [0.5, 0.6) is 5.75 Å². The largest absolute Gasteiger partial charge is 0.492 e. The monoisotopic (exact) mass is 268 g/mol. The van der Waals surface area contributed by atoms with Crippen LogP contribution < -0.4 is 10.1 Å². The molecule has 1 aromatic carbocycles. The SMILES string of the molecule is Cc1cccnc1NC(=O)C1COc2ccccc2C1. The molecule has 0 fully saturated rings. The molecular formula is C16H16N2O2. The van der Waals surface area contributed by atoms with Crippen molar-refractivity contribution in [3.8, 4) is 5.75 Å². The minimum Gasteiger partial charge on any atom is -0.492 e. The number of pyridine rings is 1. The highest BCUT2D eigenvalue weighted by Gasteiger charge is 2.26. The number of anilines is 1. The van der Waals surface area contributed by atoms with Crippen LogP contribution in [0.25, 0.3) is 0 Å². The summed E-state index contributed by atoms with van der Waals surface area (Å²) in [5.41, 5.74) is 2.04. The van der Waals surface area contributed by atoms with Crippen LogP contribution in [0.1, 0.15) is 11.1 Å². The lowest BCUT2D eigenvalue weighted by Gasteiger charge is -2.24. The van der Waals surface area contributed by atoms with Gasteiger partial charge in [-0.1, -0.05) is 24.3 Å². The van der Waals surface area contributed by atoms with Crippen molar-refractivity contribution < 1.29 is 9.53 Å². The number of amides is 1. The molecule has 2 heterocycles. The van der Waals surface area contributed by atoms with Gasteiger partial charge < -0.3 is 10.1 Å². The molecule has 1 amide bonds. The summed E-state index contributed by atoms with van der Waals surface area (Å²) < 4.78 is 5.64. The molecule has 1 aliphatic heterocycles. The summed E-state index contributed by atoms with van der Waals surface area (Å²) in [5, 5.41) is 2.88. The number of nitrogens with one attached hydrogen (secondary N) is 1. The zero-order chi connectivity index (χ0) is 13.9. The fourth-order valence-electron chi connectivity index (χ4n) is 2.33. The number of nitrogens with zero attached hydrogens (tertiary/aromatic N) is 1. The van der Waals surface area contributed by atoms with E-state index < -0.39 is 0 Å². The number of aromatic nitrogens is 1. The molecule has 1 unspecified atom stereocenters. The average Bonchev–Trinajstić information content (AvgIpc) is 2.49. The number of benzene rings is 1. The minimum absolute atomic E-state index is 0.0405. The molecule has 0 aliphatic carbocycles. The Labute approximate surface area is 117 Å². The van der Waals surface area contributed by atoms with E-state index in [0.717, 1.165) is 16.9 Å². The number of carbonyl (C=O) groups is 1. The smallest absolute Gasteiger partial charge is 0.232 e. The summed E-state index contributed by atoms with van der Waals surface area (Å²) in [5.74, 6) is 1.29. The van der Waals surface area contributed by atoms with Crippen LogP contribution >= 0.6 is 0 Å². The number of ether oxygens (including phenoxy) is 1. The average molecular weight is 268 g/mol. The Morgan fingerprint density at radius 3 is 3.00 bits per heavy atom. The predicted molar refractivity (Wildman–Crippen MR) is 76.7 cm³/mol. The molecule has 2 aromatic rings. The number of aryl methyl sites for hydroxylation is 1. The van der Waals surface area contributed by atoms with Crippen LogP contribution in [0.4, 0.5) is 5.82 Å². The highest BCUT2D eigenvalue weighted by atomic mass is 16.5. The highest BCUT2D eigenvalue weighted by Crippen LogP contribution is 2.27. The van der Waals surface area contributed by atoms with Gasteiger partial charge in [0.1, 0.15) is 18.2 Å². The maximum Gasteiger partial charge on any atom is 0.232 e. The molecule has 3 rings (SSSR count). The van der Waals surface area contributed by atoms with Crippen molar-refractivity contribution >= 4 is 11.7 Å². The molecule has 1 aromatic heterocycles. The third kappa shape index (κ3) is 2.50. The van der Waals surface area contributed by atoms with Crippen LogP contribution in [-0.4, -0.2) is 17.5 Å². The molecule has 1 aliphatic rings. The first-order chi connectivity index (χ1) is 9.74. The Morgan fingerprint density at radius 1 is 1.30 bits per heavy atom. The summed E-state index contributed by atoms with van der Waals surface area (Å²) in [6.07, 6.45) is 2.38. The van der Waals surface area contributed by atoms with Crippen molar-refractivity contribution in [3.05, 3.63) is 53.7 Å². The van der Waals surface area contributed by atoms with Gasteiger partial charge in [-0.3, -0.25) is 4.79 Å². The molecule has 4 nitrogen and oxygen atoms in total. The van der Waals surface area contributed by atoms with Crippen LogP contribution in [0.3, 0.4) is 0 Å². The summed E-state index contributed by atoms with van der Waals surface area (Å²) in [4.78, 5) is 16.5. The Balaban J connectivity index is 1.72. The van der Waals surface area contributed by atoms with E-state index in [1.54, 1.807) is 6.20 Å². The topological polar surface area (TPSA) is 51.2 Å². The van der Waals surface area contributed by atoms with Gasteiger partial charge in [0.15, 0.2) is 0 Å². The second-order valence-corrected chi connectivity index (χ2v) is 4.98. The highest BCUT2D eigenvalue weighted by molar-refractivity contribution is 5.92. The van der Waals surface area contributed by atoms with Crippen molar-refractivity contribution in [2.75, 3.05) is 11.9 Å². The van der Waals surface area contributed by atoms with Crippen molar-refractivity contribution in [3.63, 3.8) is 0 Å². The standard InChI is InChI=1S/C16H16N2O2/c1-11-5-4-8-17-15(11)18-16(19)13-9-12-6-2-3-7-14(12)20-10-13/h2-8,13H,9-10H2,1H3,(H,17,18,19). The van der Waals surface area contributed by atoms with E-state index >= 15 is 0 Å². The minimum atomic E-state index is -0.175. The molecule has 0 spiro atoms. The normalized spacial score (nSPS) is 16.9. The van der Waals surface area contributed by atoms with Crippen molar-refractivity contribution in [2.45, 2.75) is 13.3 Å². The third-order valence-electron chi connectivity index (χ3n) is 3.50. The Kier molecular flexibility index (Phi) is 3.37.